The first-order valence-electron chi connectivity index (χ1n) is 15.6. The molecule has 0 spiro atoms. The standard InChI is InChI=1S/C42H29N3/c1-2-39-43-37-17-9-10-18-38(37)45(39)30-25-23-28(24-26-30)27-19-21-29(22-20-27)41-36-16-8-6-14-34(36)40-33-13-5-3-11-31(33)32-12-4-7-15-35(32)42(40)44-41/h3-26H,2H2,1H3. The monoisotopic (exact) mass is 575 g/mol. The summed E-state index contributed by atoms with van der Waals surface area (Å²) in [5.41, 5.74) is 8.85. The van der Waals surface area contributed by atoms with Crippen LogP contribution < -0.4 is 0 Å². The van der Waals surface area contributed by atoms with Gasteiger partial charge in [-0.2, -0.15) is 0 Å². The van der Waals surface area contributed by atoms with Crippen LogP contribution in [0.15, 0.2) is 146 Å². The average molecular weight is 576 g/mol. The predicted molar refractivity (Wildman–Crippen MR) is 189 cm³/mol. The Morgan fingerprint density at radius 2 is 0.978 bits per heavy atom. The lowest BCUT2D eigenvalue weighted by Gasteiger charge is -2.15. The van der Waals surface area contributed by atoms with Gasteiger partial charge in [-0.15, -0.1) is 0 Å². The Kier molecular flexibility index (Phi) is 5.79. The van der Waals surface area contributed by atoms with Crippen LogP contribution in [0.2, 0.25) is 0 Å². The number of aromatic nitrogens is 3. The molecule has 0 bridgehead atoms. The highest BCUT2D eigenvalue weighted by atomic mass is 15.1. The van der Waals surface area contributed by atoms with Crippen molar-refractivity contribution in [2.75, 3.05) is 0 Å². The van der Waals surface area contributed by atoms with Crippen molar-refractivity contribution < 1.29 is 0 Å². The van der Waals surface area contributed by atoms with Gasteiger partial charge in [0.05, 0.1) is 22.2 Å². The fourth-order valence-electron chi connectivity index (χ4n) is 7.04. The quantitative estimate of drug-likeness (QED) is 0.195. The van der Waals surface area contributed by atoms with Gasteiger partial charge in [0, 0.05) is 33.8 Å². The molecule has 0 aliphatic carbocycles. The number of pyridine rings is 1. The summed E-state index contributed by atoms with van der Waals surface area (Å²) in [5.74, 6) is 1.07. The summed E-state index contributed by atoms with van der Waals surface area (Å²) in [5, 5.41) is 8.56. The lowest BCUT2D eigenvalue weighted by molar-refractivity contribution is 0.908. The van der Waals surface area contributed by atoms with E-state index in [0.717, 1.165) is 45.7 Å². The summed E-state index contributed by atoms with van der Waals surface area (Å²) < 4.78 is 2.27. The minimum Gasteiger partial charge on any atom is -0.296 e. The van der Waals surface area contributed by atoms with Crippen molar-refractivity contribution in [3.63, 3.8) is 0 Å². The molecular weight excluding hydrogens is 546 g/mol. The third-order valence-corrected chi connectivity index (χ3v) is 9.14. The molecule has 9 aromatic rings. The van der Waals surface area contributed by atoms with Gasteiger partial charge in [0.25, 0.3) is 0 Å². The van der Waals surface area contributed by atoms with Crippen LogP contribution in [0, 0.1) is 0 Å². The second kappa shape index (κ2) is 10.1. The Bertz CT molecular complexity index is 2560. The van der Waals surface area contributed by atoms with E-state index >= 15 is 0 Å². The lowest BCUT2D eigenvalue weighted by atomic mass is 9.92. The smallest absolute Gasteiger partial charge is 0.114 e. The van der Waals surface area contributed by atoms with E-state index in [1.165, 1.54) is 48.8 Å². The number of benzene rings is 7. The van der Waals surface area contributed by atoms with Gasteiger partial charge in [0.2, 0.25) is 0 Å². The molecule has 0 aliphatic heterocycles. The normalized spacial score (nSPS) is 11.8. The summed E-state index contributed by atoms with van der Waals surface area (Å²) in [6.45, 7) is 2.16. The van der Waals surface area contributed by atoms with E-state index in [1.807, 2.05) is 6.07 Å². The molecule has 2 heterocycles. The van der Waals surface area contributed by atoms with Crippen LogP contribution in [-0.2, 0) is 6.42 Å². The SMILES string of the molecule is CCc1nc2ccccc2n1-c1ccc(-c2ccc(-c3nc4c5ccccc5c5ccccc5c4c4ccccc34)cc2)cc1. The first-order chi connectivity index (χ1) is 22.3. The molecular formula is C42H29N3. The highest BCUT2D eigenvalue weighted by Gasteiger charge is 2.16. The van der Waals surface area contributed by atoms with Crippen LogP contribution >= 0.6 is 0 Å². The van der Waals surface area contributed by atoms with Gasteiger partial charge in [0.15, 0.2) is 0 Å². The van der Waals surface area contributed by atoms with Gasteiger partial charge >= 0.3 is 0 Å². The molecule has 0 N–H and O–H groups in total. The zero-order valence-corrected chi connectivity index (χ0v) is 24.9. The number of nitrogens with zero attached hydrogens (tertiary/aromatic N) is 3. The largest absolute Gasteiger partial charge is 0.296 e. The predicted octanol–water partition coefficient (Wildman–Crippen LogP) is 10.9. The molecule has 3 heteroatoms. The van der Waals surface area contributed by atoms with Crippen molar-refractivity contribution >= 4 is 54.3 Å². The molecule has 9 rings (SSSR count). The zero-order valence-electron chi connectivity index (χ0n) is 24.9. The Balaban J connectivity index is 1.16. The molecule has 0 fully saturated rings. The molecule has 0 unspecified atom stereocenters. The van der Waals surface area contributed by atoms with E-state index < -0.39 is 0 Å². The highest BCUT2D eigenvalue weighted by molar-refractivity contribution is 6.31. The van der Waals surface area contributed by atoms with Crippen molar-refractivity contribution in [1.29, 1.82) is 0 Å². The van der Waals surface area contributed by atoms with Crippen molar-refractivity contribution in [3.05, 3.63) is 151 Å². The number of aryl methyl sites for hydroxylation is 1. The van der Waals surface area contributed by atoms with Crippen LogP contribution in [0.4, 0.5) is 0 Å². The number of imidazole rings is 1. The summed E-state index contributed by atoms with van der Waals surface area (Å²) in [6.07, 6.45) is 0.876. The lowest BCUT2D eigenvalue weighted by Crippen LogP contribution is -1.99. The molecule has 2 aromatic heterocycles. The Hall–Kier alpha value is -5.80. The van der Waals surface area contributed by atoms with E-state index in [0.29, 0.717) is 0 Å². The molecule has 45 heavy (non-hydrogen) atoms. The minimum absolute atomic E-state index is 0.876. The van der Waals surface area contributed by atoms with E-state index in [-0.39, 0.29) is 0 Å². The molecule has 3 nitrogen and oxygen atoms in total. The van der Waals surface area contributed by atoms with E-state index in [2.05, 4.69) is 151 Å². The number of fused-ring (bicyclic) bond motifs is 9. The van der Waals surface area contributed by atoms with E-state index in [9.17, 15) is 0 Å². The molecule has 0 saturated carbocycles. The van der Waals surface area contributed by atoms with Gasteiger partial charge < -0.3 is 0 Å². The van der Waals surface area contributed by atoms with Crippen LogP contribution in [0.5, 0.6) is 0 Å². The van der Waals surface area contributed by atoms with Gasteiger partial charge in [-0.25, -0.2) is 9.97 Å². The van der Waals surface area contributed by atoms with Gasteiger partial charge in [-0.1, -0.05) is 128 Å². The molecule has 0 atom stereocenters. The summed E-state index contributed by atoms with van der Waals surface area (Å²) in [6, 6.07) is 52.1. The van der Waals surface area contributed by atoms with Crippen molar-refractivity contribution in [3.8, 4) is 28.1 Å². The molecule has 0 saturated heterocycles. The number of para-hydroxylation sites is 2. The number of rotatable bonds is 4. The Labute approximate surface area is 261 Å². The molecule has 0 radical (unpaired) electrons. The first kappa shape index (κ1) is 25.7. The third kappa shape index (κ3) is 3.98. The maximum atomic E-state index is 5.43. The fourth-order valence-corrected chi connectivity index (χ4v) is 7.04. The highest BCUT2D eigenvalue weighted by Crippen LogP contribution is 2.41. The van der Waals surface area contributed by atoms with Crippen LogP contribution in [0.3, 0.4) is 0 Å². The van der Waals surface area contributed by atoms with E-state index in [4.69, 9.17) is 9.97 Å². The van der Waals surface area contributed by atoms with Crippen molar-refractivity contribution in [2.45, 2.75) is 13.3 Å². The average Bonchev–Trinajstić information content (AvgIpc) is 3.50. The second-order valence-electron chi connectivity index (χ2n) is 11.7. The number of hydrogen-bond donors (Lipinski definition) is 0. The fraction of sp³-hybridized carbons (Fsp3) is 0.0476. The molecule has 212 valence electrons. The minimum atomic E-state index is 0.876. The first-order valence-corrected chi connectivity index (χ1v) is 15.6. The molecule has 0 amide bonds. The van der Waals surface area contributed by atoms with Crippen LogP contribution in [0.25, 0.3) is 82.3 Å². The van der Waals surface area contributed by atoms with E-state index in [1.54, 1.807) is 0 Å². The zero-order chi connectivity index (χ0) is 29.9. The summed E-state index contributed by atoms with van der Waals surface area (Å²) in [7, 11) is 0. The third-order valence-electron chi connectivity index (χ3n) is 9.14. The van der Waals surface area contributed by atoms with Crippen LogP contribution in [-0.4, -0.2) is 14.5 Å². The second-order valence-corrected chi connectivity index (χ2v) is 11.7. The molecule has 0 aliphatic rings. The summed E-state index contributed by atoms with van der Waals surface area (Å²) >= 11 is 0. The topological polar surface area (TPSA) is 30.7 Å². The van der Waals surface area contributed by atoms with Crippen LogP contribution in [0.1, 0.15) is 12.7 Å². The Morgan fingerprint density at radius 1 is 0.467 bits per heavy atom. The number of hydrogen-bond acceptors (Lipinski definition) is 2. The van der Waals surface area contributed by atoms with Gasteiger partial charge in [-0.3, -0.25) is 4.57 Å². The Morgan fingerprint density at radius 3 is 1.67 bits per heavy atom. The molecule has 7 aromatic carbocycles. The maximum Gasteiger partial charge on any atom is 0.114 e. The summed E-state index contributed by atoms with van der Waals surface area (Å²) in [4.78, 5) is 10.3. The van der Waals surface area contributed by atoms with Crippen molar-refractivity contribution in [2.24, 2.45) is 0 Å². The van der Waals surface area contributed by atoms with Crippen molar-refractivity contribution in [1.82, 2.24) is 14.5 Å². The maximum absolute atomic E-state index is 5.43. The van der Waals surface area contributed by atoms with Gasteiger partial charge in [0.1, 0.15) is 5.82 Å². The van der Waals surface area contributed by atoms with Gasteiger partial charge in [-0.05, 0) is 56.9 Å².